The molecule has 0 saturated carbocycles. The van der Waals surface area contributed by atoms with Gasteiger partial charge in [0.2, 0.25) is 12.7 Å². The van der Waals surface area contributed by atoms with Gasteiger partial charge >= 0.3 is 11.9 Å². The Labute approximate surface area is 175 Å². The summed E-state index contributed by atoms with van der Waals surface area (Å²) in [7, 11) is 2.35. The third-order valence-electron chi connectivity index (χ3n) is 4.18. The molecule has 2 aromatic rings. The minimum Gasteiger partial charge on any atom is -0.465 e. The van der Waals surface area contributed by atoms with E-state index in [1.54, 1.807) is 0 Å². The van der Waals surface area contributed by atoms with E-state index in [0.29, 0.717) is 5.75 Å². The van der Waals surface area contributed by atoms with E-state index in [0.717, 1.165) is 6.08 Å². The van der Waals surface area contributed by atoms with Crippen LogP contribution in [-0.4, -0.2) is 43.8 Å². The fourth-order valence-electron chi connectivity index (χ4n) is 2.76. The molecule has 1 amide bonds. The molecule has 160 valence electrons. The summed E-state index contributed by atoms with van der Waals surface area (Å²) in [6, 6.07) is 6.49. The number of amides is 1. The zero-order valence-corrected chi connectivity index (χ0v) is 16.4. The van der Waals surface area contributed by atoms with Crippen molar-refractivity contribution in [2.45, 2.75) is 0 Å². The molecular formula is C20H16N2O9. The summed E-state index contributed by atoms with van der Waals surface area (Å²) in [6.07, 6.45) is 2.30. The number of nitrogens with one attached hydrogen (secondary N) is 1. The number of hydrogen-bond acceptors (Lipinski definition) is 9. The fourth-order valence-corrected chi connectivity index (χ4v) is 2.76. The summed E-state index contributed by atoms with van der Waals surface area (Å²) in [5.41, 5.74) is 0.0299. The third kappa shape index (κ3) is 4.78. The molecule has 0 unspecified atom stereocenters. The average Bonchev–Trinajstić information content (AvgIpc) is 3.23. The zero-order valence-electron chi connectivity index (χ0n) is 16.4. The van der Waals surface area contributed by atoms with Crippen molar-refractivity contribution in [2.24, 2.45) is 0 Å². The van der Waals surface area contributed by atoms with E-state index in [1.165, 1.54) is 50.6 Å². The number of methoxy groups -OCH3 is 2. The van der Waals surface area contributed by atoms with Gasteiger partial charge in [-0.2, -0.15) is 0 Å². The van der Waals surface area contributed by atoms with Gasteiger partial charge in [-0.1, -0.05) is 0 Å². The van der Waals surface area contributed by atoms with Gasteiger partial charge in [0.1, 0.15) is 0 Å². The number of ether oxygens (including phenoxy) is 4. The highest BCUT2D eigenvalue weighted by Crippen LogP contribution is 2.38. The van der Waals surface area contributed by atoms with Crippen molar-refractivity contribution >= 4 is 35.3 Å². The lowest BCUT2D eigenvalue weighted by molar-refractivity contribution is -0.385. The van der Waals surface area contributed by atoms with Gasteiger partial charge < -0.3 is 24.3 Å². The lowest BCUT2D eigenvalue weighted by atomic mass is 10.1. The highest BCUT2D eigenvalue weighted by atomic mass is 16.7. The molecule has 11 heteroatoms. The van der Waals surface area contributed by atoms with Crippen LogP contribution in [0.15, 0.2) is 36.4 Å². The highest BCUT2D eigenvalue weighted by Gasteiger charge is 2.22. The predicted molar refractivity (Wildman–Crippen MR) is 106 cm³/mol. The van der Waals surface area contributed by atoms with E-state index in [4.69, 9.17) is 9.47 Å². The quantitative estimate of drug-likeness (QED) is 0.318. The first-order valence-electron chi connectivity index (χ1n) is 8.71. The first-order valence-corrected chi connectivity index (χ1v) is 8.71. The molecule has 0 radical (unpaired) electrons. The molecule has 1 aliphatic rings. The van der Waals surface area contributed by atoms with E-state index in [1.807, 2.05) is 0 Å². The van der Waals surface area contributed by atoms with Crippen molar-refractivity contribution < 1.29 is 38.3 Å². The SMILES string of the molecule is COC(=O)c1cc(NC(=O)/C=C/c2cc3c(cc2[N+](=O)[O-])OCO3)cc(C(=O)OC)c1. The molecule has 31 heavy (non-hydrogen) atoms. The van der Waals surface area contributed by atoms with Crippen molar-refractivity contribution in [1.82, 2.24) is 0 Å². The number of carbonyl (C=O) groups excluding carboxylic acids is 3. The van der Waals surface area contributed by atoms with E-state index >= 15 is 0 Å². The Bertz CT molecular complexity index is 1070. The third-order valence-corrected chi connectivity index (χ3v) is 4.18. The number of nitrogens with zero attached hydrogens (tertiary/aromatic N) is 1. The van der Waals surface area contributed by atoms with Crippen molar-refractivity contribution in [3.63, 3.8) is 0 Å². The number of carbonyl (C=O) groups is 3. The Hall–Kier alpha value is -4.41. The lowest BCUT2D eigenvalue weighted by Crippen LogP contribution is -2.12. The number of benzene rings is 2. The maximum atomic E-state index is 12.3. The van der Waals surface area contributed by atoms with Crippen LogP contribution in [0, 0.1) is 10.1 Å². The molecule has 0 aromatic heterocycles. The van der Waals surface area contributed by atoms with Crippen LogP contribution in [0.1, 0.15) is 26.3 Å². The molecule has 1 heterocycles. The van der Waals surface area contributed by atoms with Gasteiger partial charge in [-0.05, 0) is 30.3 Å². The van der Waals surface area contributed by atoms with E-state index in [2.05, 4.69) is 14.8 Å². The molecular weight excluding hydrogens is 412 g/mol. The first-order chi connectivity index (χ1) is 14.8. The van der Waals surface area contributed by atoms with Gasteiger partial charge in [0, 0.05) is 11.8 Å². The normalized spacial score (nSPS) is 11.8. The lowest BCUT2D eigenvalue weighted by Gasteiger charge is -2.08. The minimum absolute atomic E-state index is 0.0242. The maximum absolute atomic E-state index is 12.3. The maximum Gasteiger partial charge on any atom is 0.337 e. The van der Waals surface area contributed by atoms with E-state index < -0.39 is 22.8 Å². The molecule has 0 aliphatic carbocycles. The van der Waals surface area contributed by atoms with Gasteiger partial charge in [0.25, 0.3) is 5.69 Å². The van der Waals surface area contributed by atoms with Gasteiger partial charge in [-0.25, -0.2) is 9.59 Å². The average molecular weight is 428 g/mol. The Morgan fingerprint density at radius 2 is 1.58 bits per heavy atom. The van der Waals surface area contributed by atoms with Crippen molar-refractivity contribution in [1.29, 1.82) is 0 Å². The van der Waals surface area contributed by atoms with Crippen LogP contribution in [-0.2, 0) is 14.3 Å². The van der Waals surface area contributed by atoms with Crippen LogP contribution in [0.3, 0.4) is 0 Å². The number of hydrogen-bond donors (Lipinski definition) is 1. The van der Waals surface area contributed by atoms with Crippen LogP contribution in [0.5, 0.6) is 11.5 Å². The number of fused-ring (bicyclic) bond motifs is 1. The first kappa shape index (κ1) is 21.3. The van der Waals surface area contributed by atoms with Crippen LogP contribution in [0.25, 0.3) is 6.08 Å². The summed E-state index contributed by atoms with van der Waals surface area (Å²) in [6.45, 7) is -0.0563. The van der Waals surface area contributed by atoms with Gasteiger partial charge in [0.15, 0.2) is 11.5 Å². The van der Waals surface area contributed by atoms with E-state index in [9.17, 15) is 24.5 Å². The molecule has 11 nitrogen and oxygen atoms in total. The van der Waals surface area contributed by atoms with Crippen LogP contribution >= 0.6 is 0 Å². The number of esters is 2. The van der Waals surface area contributed by atoms with Gasteiger partial charge in [-0.3, -0.25) is 14.9 Å². The van der Waals surface area contributed by atoms with Crippen LogP contribution < -0.4 is 14.8 Å². The Morgan fingerprint density at radius 1 is 1.00 bits per heavy atom. The summed E-state index contributed by atoms with van der Waals surface area (Å²) in [5, 5.41) is 13.8. The molecule has 2 aromatic carbocycles. The topological polar surface area (TPSA) is 143 Å². The summed E-state index contributed by atoms with van der Waals surface area (Å²) in [5.74, 6) is -1.53. The largest absolute Gasteiger partial charge is 0.465 e. The molecule has 1 aliphatic heterocycles. The van der Waals surface area contributed by atoms with Crippen molar-refractivity contribution in [3.05, 3.63) is 63.2 Å². The van der Waals surface area contributed by atoms with Crippen LogP contribution in [0.2, 0.25) is 0 Å². The van der Waals surface area contributed by atoms with Crippen LogP contribution in [0.4, 0.5) is 11.4 Å². The standard InChI is InChI=1S/C20H16N2O9/c1-28-19(24)12-5-13(20(25)29-2)7-14(6-12)21-18(23)4-3-11-8-16-17(31-10-30-16)9-15(11)22(26)27/h3-9H,10H2,1-2H3,(H,21,23)/b4-3+. The number of nitro benzene ring substituents is 1. The number of rotatable bonds is 6. The van der Waals surface area contributed by atoms with Gasteiger partial charge in [-0.15, -0.1) is 0 Å². The summed E-state index contributed by atoms with van der Waals surface area (Å²) < 4.78 is 19.6. The molecule has 0 saturated heterocycles. The predicted octanol–water partition coefficient (Wildman–Crippen LogP) is 2.55. The monoisotopic (exact) mass is 428 g/mol. The number of nitro groups is 1. The Kier molecular flexibility index (Phi) is 6.15. The second kappa shape index (κ2) is 8.95. The Morgan fingerprint density at radius 3 is 2.13 bits per heavy atom. The molecule has 0 spiro atoms. The zero-order chi connectivity index (χ0) is 22.5. The molecule has 3 rings (SSSR count). The van der Waals surface area contributed by atoms with Gasteiger partial charge in [0.05, 0.1) is 41.9 Å². The van der Waals surface area contributed by atoms with Crippen molar-refractivity contribution in [3.8, 4) is 11.5 Å². The Balaban J connectivity index is 1.85. The molecule has 0 atom stereocenters. The highest BCUT2D eigenvalue weighted by molar-refractivity contribution is 6.04. The van der Waals surface area contributed by atoms with Crippen molar-refractivity contribution in [2.75, 3.05) is 26.3 Å². The second-order valence-corrected chi connectivity index (χ2v) is 6.13. The molecule has 0 fully saturated rings. The minimum atomic E-state index is -0.715. The molecule has 1 N–H and O–H groups in total. The summed E-state index contributed by atoms with van der Waals surface area (Å²) >= 11 is 0. The smallest absolute Gasteiger partial charge is 0.337 e. The molecule has 0 bridgehead atoms. The van der Waals surface area contributed by atoms with E-state index in [-0.39, 0.29) is 40.6 Å². The second-order valence-electron chi connectivity index (χ2n) is 6.13. The number of anilines is 1. The fraction of sp³-hybridized carbons (Fsp3) is 0.150. The summed E-state index contributed by atoms with van der Waals surface area (Å²) in [4.78, 5) is 46.7.